The quantitative estimate of drug-likeness (QED) is 0.446. The van der Waals surface area contributed by atoms with Gasteiger partial charge in [-0.3, -0.25) is 10.1 Å². The topological polar surface area (TPSA) is 75.4 Å². The first kappa shape index (κ1) is 13.0. The Kier molecular flexibility index (Phi) is 5.24. The Balaban J connectivity index is 2.46. The summed E-state index contributed by atoms with van der Waals surface area (Å²) < 4.78 is 0. The molecule has 1 atom stereocenters. The monoisotopic (exact) mass is 242 g/mol. The molecule has 5 nitrogen and oxygen atoms in total. The number of nitrogens with one attached hydrogen (secondary N) is 1. The third-order valence-electron chi connectivity index (χ3n) is 1.93. The fraction of sp³-hybridized carbons (Fsp3) is 0.400. The number of aliphatic hydroxyl groups is 1. The molecule has 0 aliphatic heterocycles. The maximum Gasteiger partial charge on any atom is 0.269 e. The number of nitro benzene ring substituents is 1. The minimum Gasteiger partial charge on any atom is -0.391 e. The molecular weight excluding hydrogens is 228 g/mol. The van der Waals surface area contributed by atoms with E-state index in [0.29, 0.717) is 12.3 Å². The van der Waals surface area contributed by atoms with Gasteiger partial charge in [-0.2, -0.15) is 0 Å². The van der Waals surface area contributed by atoms with E-state index in [9.17, 15) is 15.2 Å². The SMILES string of the molecule is CNCC(O)CSc1ccc([N+](=O)[O-])cc1. The molecule has 0 radical (unpaired) electrons. The van der Waals surface area contributed by atoms with Gasteiger partial charge in [-0.05, 0) is 19.2 Å². The summed E-state index contributed by atoms with van der Waals surface area (Å²) in [6, 6.07) is 6.31. The van der Waals surface area contributed by atoms with Crippen LogP contribution >= 0.6 is 11.8 Å². The van der Waals surface area contributed by atoms with Crippen molar-refractivity contribution in [2.75, 3.05) is 19.3 Å². The van der Waals surface area contributed by atoms with Crippen LogP contribution in [-0.2, 0) is 0 Å². The van der Waals surface area contributed by atoms with Crippen molar-refractivity contribution in [3.05, 3.63) is 34.4 Å². The Labute approximate surface area is 98.0 Å². The lowest BCUT2D eigenvalue weighted by atomic mass is 10.3. The summed E-state index contributed by atoms with van der Waals surface area (Å²) in [5, 5.41) is 22.8. The Morgan fingerprint density at radius 1 is 1.50 bits per heavy atom. The number of thioether (sulfide) groups is 1. The third kappa shape index (κ3) is 4.18. The molecular formula is C10H14N2O3S. The Hall–Kier alpha value is -1.11. The van der Waals surface area contributed by atoms with E-state index in [4.69, 9.17) is 0 Å². The first-order valence-electron chi connectivity index (χ1n) is 4.83. The van der Waals surface area contributed by atoms with Crippen LogP contribution in [0.25, 0.3) is 0 Å². The van der Waals surface area contributed by atoms with Gasteiger partial charge in [0.05, 0.1) is 11.0 Å². The van der Waals surface area contributed by atoms with Crippen LogP contribution in [0.15, 0.2) is 29.2 Å². The van der Waals surface area contributed by atoms with E-state index in [0.717, 1.165) is 4.90 Å². The maximum atomic E-state index is 10.4. The fourth-order valence-corrected chi connectivity index (χ4v) is 1.98. The highest BCUT2D eigenvalue weighted by molar-refractivity contribution is 7.99. The third-order valence-corrected chi connectivity index (χ3v) is 3.09. The number of hydrogen-bond donors (Lipinski definition) is 2. The summed E-state index contributed by atoms with van der Waals surface area (Å²) in [4.78, 5) is 10.9. The number of nitro groups is 1. The molecule has 2 N–H and O–H groups in total. The second-order valence-corrected chi connectivity index (χ2v) is 4.37. The Bertz CT molecular complexity index is 342. The van der Waals surface area contributed by atoms with Gasteiger partial charge in [0, 0.05) is 29.3 Å². The summed E-state index contributed by atoms with van der Waals surface area (Å²) in [6.45, 7) is 0.542. The van der Waals surface area contributed by atoms with Crippen LogP contribution in [0.5, 0.6) is 0 Å². The lowest BCUT2D eigenvalue weighted by molar-refractivity contribution is -0.384. The molecule has 0 fully saturated rings. The largest absolute Gasteiger partial charge is 0.391 e. The van der Waals surface area contributed by atoms with Crippen LogP contribution in [0.2, 0.25) is 0 Å². The molecule has 1 aromatic carbocycles. The molecule has 0 aliphatic rings. The number of hydrogen-bond acceptors (Lipinski definition) is 5. The highest BCUT2D eigenvalue weighted by atomic mass is 32.2. The number of rotatable bonds is 6. The molecule has 16 heavy (non-hydrogen) atoms. The van der Waals surface area contributed by atoms with E-state index in [2.05, 4.69) is 5.32 Å². The second kappa shape index (κ2) is 6.47. The number of non-ortho nitro benzene ring substituents is 1. The van der Waals surface area contributed by atoms with Crippen LogP contribution < -0.4 is 5.32 Å². The van der Waals surface area contributed by atoms with Crippen molar-refractivity contribution in [3.8, 4) is 0 Å². The van der Waals surface area contributed by atoms with E-state index in [-0.39, 0.29) is 5.69 Å². The number of aliphatic hydroxyl groups excluding tert-OH is 1. The second-order valence-electron chi connectivity index (χ2n) is 3.27. The van der Waals surface area contributed by atoms with Crippen molar-refractivity contribution in [1.82, 2.24) is 5.32 Å². The average Bonchev–Trinajstić information content (AvgIpc) is 2.27. The first-order valence-corrected chi connectivity index (χ1v) is 5.82. The fourth-order valence-electron chi connectivity index (χ4n) is 1.15. The van der Waals surface area contributed by atoms with Crippen LogP contribution in [0.3, 0.4) is 0 Å². The highest BCUT2D eigenvalue weighted by Gasteiger charge is 2.06. The summed E-state index contributed by atoms with van der Waals surface area (Å²) in [7, 11) is 1.78. The summed E-state index contributed by atoms with van der Waals surface area (Å²) >= 11 is 1.48. The van der Waals surface area contributed by atoms with Gasteiger partial charge in [-0.1, -0.05) is 0 Å². The zero-order valence-corrected chi connectivity index (χ0v) is 9.74. The molecule has 1 rings (SSSR count). The number of benzene rings is 1. The van der Waals surface area contributed by atoms with E-state index in [1.165, 1.54) is 23.9 Å². The van der Waals surface area contributed by atoms with E-state index in [1.54, 1.807) is 19.2 Å². The predicted molar refractivity (Wildman–Crippen MR) is 63.8 cm³/mol. The molecule has 0 spiro atoms. The van der Waals surface area contributed by atoms with E-state index >= 15 is 0 Å². The van der Waals surface area contributed by atoms with Gasteiger partial charge in [-0.25, -0.2) is 0 Å². The lowest BCUT2D eigenvalue weighted by Crippen LogP contribution is -2.25. The van der Waals surface area contributed by atoms with Crippen LogP contribution in [-0.4, -0.2) is 35.5 Å². The van der Waals surface area contributed by atoms with E-state index < -0.39 is 11.0 Å². The average molecular weight is 242 g/mol. The minimum atomic E-state index is -0.426. The zero-order valence-electron chi connectivity index (χ0n) is 8.92. The van der Waals surface area contributed by atoms with Gasteiger partial charge in [0.2, 0.25) is 0 Å². The highest BCUT2D eigenvalue weighted by Crippen LogP contribution is 2.21. The van der Waals surface area contributed by atoms with Crippen molar-refractivity contribution in [1.29, 1.82) is 0 Å². The Morgan fingerprint density at radius 3 is 2.62 bits per heavy atom. The maximum absolute atomic E-state index is 10.4. The van der Waals surface area contributed by atoms with Crippen molar-refractivity contribution in [3.63, 3.8) is 0 Å². The van der Waals surface area contributed by atoms with Crippen LogP contribution in [0, 0.1) is 10.1 Å². The minimum absolute atomic E-state index is 0.0834. The number of likely N-dealkylation sites (N-methyl/N-ethyl adjacent to an activating group) is 1. The Morgan fingerprint density at radius 2 is 2.12 bits per heavy atom. The molecule has 0 aromatic heterocycles. The van der Waals surface area contributed by atoms with Gasteiger partial charge in [-0.15, -0.1) is 11.8 Å². The van der Waals surface area contributed by atoms with Crippen LogP contribution in [0.1, 0.15) is 0 Å². The van der Waals surface area contributed by atoms with Gasteiger partial charge in [0.15, 0.2) is 0 Å². The molecule has 0 amide bonds. The summed E-state index contributed by atoms with van der Waals surface area (Å²) in [5.41, 5.74) is 0.0834. The molecule has 0 bridgehead atoms. The standard InChI is InChI=1S/C10H14N2O3S/c1-11-6-9(13)7-16-10-4-2-8(3-5-10)12(14)15/h2-5,9,11,13H,6-7H2,1H3. The lowest BCUT2D eigenvalue weighted by Gasteiger charge is -2.08. The van der Waals surface area contributed by atoms with Gasteiger partial charge in [0.25, 0.3) is 5.69 Å². The van der Waals surface area contributed by atoms with Crippen molar-refractivity contribution >= 4 is 17.4 Å². The molecule has 1 aromatic rings. The smallest absolute Gasteiger partial charge is 0.269 e. The molecule has 0 saturated carbocycles. The van der Waals surface area contributed by atoms with Gasteiger partial charge in [0.1, 0.15) is 0 Å². The predicted octanol–water partition coefficient (Wildman–Crippen LogP) is 1.27. The molecule has 6 heteroatoms. The van der Waals surface area contributed by atoms with Crippen molar-refractivity contribution < 1.29 is 10.0 Å². The summed E-state index contributed by atoms with van der Waals surface area (Å²) in [5.74, 6) is 0.568. The van der Waals surface area contributed by atoms with E-state index in [1.807, 2.05) is 0 Å². The first-order chi connectivity index (χ1) is 7.63. The number of nitrogens with zero attached hydrogens (tertiary/aromatic N) is 1. The van der Waals surface area contributed by atoms with Gasteiger partial charge >= 0.3 is 0 Å². The van der Waals surface area contributed by atoms with Gasteiger partial charge < -0.3 is 10.4 Å². The molecule has 88 valence electrons. The zero-order chi connectivity index (χ0) is 12.0. The van der Waals surface area contributed by atoms with Crippen LogP contribution in [0.4, 0.5) is 5.69 Å². The molecule has 0 saturated heterocycles. The normalized spacial score (nSPS) is 12.4. The molecule has 0 aliphatic carbocycles. The molecule has 1 unspecified atom stereocenters. The summed E-state index contributed by atoms with van der Waals surface area (Å²) in [6.07, 6.45) is -0.412. The van der Waals surface area contributed by atoms with Crippen molar-refractivity contribution in [2.45, 2.75) is 11.0 Å². The molecule has 0 heterocycles. The van der Waals surface area contributed by atoms with Crippen molar-refractivity contribution in [2.24, 2.45) is 0 Å².